The number of carbonyl (C=O) groups is 2. The van der Waals surface area contributed by atoms with Gasteiger partial charge in [0, 0.05) is 18.2 Å². The van der Waals surface area contributed by atoms with Crippen molar-refractivity contribution in [1.82, 2.24) is 5.32 Å². The SMILES string of the molecule is CC(C)C(=O)Nc1ccc(CNC(=O)C(C)N)cc1.Cl. The van der Waals surface area contributed by atoms with Gasteiger partial charge in [-0.25, -0.2) is 0 Å². The summed E-state index contributed by atoms with van der Waals surface area (Å²) in [7, 11) is 0. The molecule has 0 aliphatic carbocycles. The summed E-state index contributed by atoms with van der Waals surface area (Å²) in [4.78, 5) is 22.8. The maximum atomic E-state index is 11.5. The van der Waals surface area contributed by atoms with E-state index in [9.17, 15) is 9.59 Å². The Labute approximate surface area is 125 Å². The van der Waals surface area contributed by atoms with Crippen LogP contribution in [0.1, 0.15) is 26.3 Å². The van der Waals surface area contributed by atoms with Gasteiger partial charge in [-0.2, -0.15) is 0 Å². The highest BCUT2D eigenvalue weighted by molar-refractivity contribution is 5.92. The fourth-order valence-corrected chi connectivity index (χ4v) is 1.34. The van der Waals surface area contributed by atoms with E-state index in [1.807, 2.05) is 38.1 Å². The van der Waals surface area contributed by atoms with Gasteiger partial charge in [-0.15, -0.1) is 12.4 Å². The lowest BCUT2D eigenvalue weighted by atomic mass is 10.1. The molecule has 0 fully saturated rings. The van der Waals surface area contributed by atoms with E-state index in [0.717, 1.165) is 11.3 Å². The zero-order chi connectivity index (χ0) is 14.4. The molecule has 1 rings (SSSR count). The first-order chi connectivity index (χ1) is 8.90. The van der Waals surface area contributed by atoms with Gasteiger partial charge >= 0.3 is 0 Å². The molecule has 1 atom stereocenters. The summed E-state index contributed by atoms with van der Waals surface area (Å²) < 4.78 is 0. The first kappa shape index (κ1) is 18.4. The van der Waals surface area contributed by atoms with Gasteiger partial charge in [-0.1, -0.05) is 26.0 Å². The Morgan fingerprint density at radius 1 is 1.10 bits per heavy atom. The normalized spacial score (nSPS) is 11.4. The number of amides is 2. The molecule has 0 radical (unpaired) electrons. The summed E-state index contributed by atoms with van der Waals surface area (Å²) in [5, 5.41) is 5.53. The molecule has 0 bridgehead atoms. The van der Waals surface area contributed by atoms with E-state index in [1.165, 1.54) is 0 Å². The van der Waals surface area contributed by atoms with Gasteiger partial charge in [0.25, 0.3) is 0 Å². The number of anilines is 1. The standard InChI is InChI=1S/C14H21N3O2.ClH/c1-9(2)13(18)17-12-6-4-11(5-7-12)8-16-14(19)10(3)15;/h4-7,9-10H,8,15H2,1-3H3,(H,16,19)(H,17,18);1H. The number of hydrogen-bond acceptors (Lipinski definition) is 3. The summed E-state index contributed by atoms with van der Waals surface area (Å²) >= 11 is 0. The van der Waals surface area contributed by atoms with E-state index < -0.39 is 6.04 Å². The minimum absolute atomic E-state index is 0. The molecule has 0 saturated carbocycles. The van der Waals surface area contributed by atoms with Crippen molar-refractivity contribution in [2.24, 2.45) is 11.7 Å². The number of hydrogen-bond donors (Lipinski definition) is 3. The quantitative estimate of drug-likeness (QED) is 0.773. The molecule has 5 nitrogen and oxygen atoms in total. The highest BCUT2D eigenvalue weighted by Crippen LogP contribution is 2.10. The van der Waals surface area contributed by atoms with Crippen molar-refractivity contribution in [2.75, 3.05) is 5.32 Å². The molecule has 20 heavy (non-hydrogen) atoms. The van der Waals surface area contributed by atoms with Crippen molar-refractivity contribution in [2.45, 2.75) is 33.4 Å². The largest absolute Gasteiger partial charge is 0.351 e. The third-order valence-electron chi connectivity index (χ3n) is 2.63. The first-order valence-corrected chi connectivity index (χ1v) is 6.33. The minimum atomic E-state index is -0.510. The molecule has 4 N–H and O–H groups in total. The monoisotopic (exact) mass is 299 g/mol. The molecule has 112 valence electrons. The molecular formula is C14H22ClN3O2. The predicted octanol–water partition coefficient (Wildman–Crippen LogP) is 1.67. The van der Waals surface area contributed by atoms with Gasteiger partial charge in [-0.05, 0) is 24.6 Å². The lowest BCUT2D eigenvalue weighted by molar-refractivity contribution is -0.122. The zero-order valence-corrected chi connectivity index (χ0v) is 12.8. The Morgan fingerprint density at radius 2 is 1.65 bits per heavy atom. The summed E-state index contributed by atoms with van der Waals surface area (Å²) in [5.41, 5.74) is 7.15. The maximum absolute atomic E-state index is 11.5. The van der Waals surface area contributed by atoms with Gasteiger partial charge in [0.1, 0.15) is 0 Å². The van der Waals surface area contributed by atoms with Crippen molar-refractivity contribution in [3.63, 3.8) is 0 Å². The Kier molecular flexibility index (Phi) is 7.87. The minimum Gasteiger partial charge on any atom is -0.351 e. The Balaban J connectivity index is 0.00000361. The molecule has 1 unspecified atom stereocenters. The van der Waals surface area contributed by atoms with E-state index in [0.29, 0.717) is 6.54 Å². The fourth-order valence-electron chi connectivity index (χ4n) is 1.34. The van der Waals surface area contributed by atoms with E-state index >= 15 is 0 Å². The third-order valence-corrected chi connectivity index (χ3v) is 2.63. The lowest BCUT2D eigenvalue weighted by Gasteiger charge is -2.10. The molecule has 1 aromatic rings. The molecule has 0 heterocycles. The molecule has 0 aliphatic heterocycles. The van der Waals surface area contributed by atoms with Crippen LogP contribution in [0.4, 0.5) is 5.69 Å². The highest BCUT2D eigenvalue weighted by Gasteiger charge is 2.08. The Bertz CT molecular complexity index is 444. The van der Waals surface area contributed by atoms with Crippen molar-refractivity contribution >= 4 is 29.9 Å². The highest BCUT2D eigenvalue weighted by atomic mass is 35.5. The van der Waals surface area contributed by atoms with Crippen LogP contribution in [0.15, 0.2) is 24.3 Å². The van der Waals surface area contributed by atoms with Crippen LogP contribution in [0.25, 0.3) is 0 Å². The topological polar surface area (TPSA) is 84.2 Å². The number of benzene rings is 1. The Morgan fingerprint density at radius 3 is 2.10 bits per heavy atom. The average molecular weight is 300 g/mol. The van der Waals surface area contributed by atoms with E-state index in [4.69, 9.17) is 5.73 Å². The number of carbonyl (C=O) groups excluding carboxylic acids is 2. The molecule has 0 spiro atoms. The van der Waals surface area contributed by atoms with Crippen LogP contribution in [0.3, 0.4) is 0 Å². The van der Waals surface area contributed by atoms with Gasteiger partial charge < -0.3 is 16.4 Å². The molecular weight excluding hydrogens is 278 g/mol. The summed E-state index contributed by atoms with van der Waals surface area (Å²) in [6.45, 7) is 5.75. The van der Waals surface area contributed by atoms with Crippen LogP contribution in [-0.4, -0.2) is 17.9 Å². The third kappa shape index (κ3) is 6.04. The average Bonchev–Trinajstić information content (AvgIpc) is 2.37. The molecule has 6 heteroatoms. The predicted molar refractivity (Wildman–Crippen MR) is 82.7 cm³/mol. The lowest BCUT2D eigenvalue weighted by Crippen LogP contribution is -2.37. The van der Waals surface area contributed by atoms with E-state index in [-0.39, 0.29) is 30.1 Å². The summed E-state index contributed by atoms with van der Waals surface area (Å²) in [6, 6.07) is 6.83. The van der Waals surface area contributed by atoms with Crippen molar-refractivity contribution in [1.29, 1.82) is 0 Å². The van der Waals surface area contributed by atoms with Crippen molar-refractivity contribution in [3.8, 4) is 0 Å². The maximum Gasteiger partial charge on any atom is 0.236 e. The van der Waals surface area contributed by atoms with Crippen molar-refractivity contribution in [3.05, 3.63) is 29.8 Å². The van der Waals surface area contributed by atoms with Gasteiger partial charge in [-0.3, -0.25) is 9.59 Å². The first-order valence-electron chi connectivity index (χ1n) is 6.33. The second kappa shape index (κ2) is 8.55. The van der Waals surface area contributed by atoms with Crippen LogP contribution in [-0.2, 0) is 16.1 Å². The smallest absolute Gasteiger partial charge is 0.236 e. The molecule has 0 aromatic heterocycles. The van der Waals surface area contributed by atoms with Gasteiger partial charge in [0.05, 0.1) is 6.04 Å². The number of nitrogens with two attached hydrogens (primary N) is 1. The van der Waals surface area contributed by atoms with E-state index in [2.05, 4.69) is 10.6 Å². The molecule has 1 aromatic carbocycles. The summed E-state index contributed by atoms with van der Waals surface area (Å²) in [6.07, 6.45) is 0. The Hall–Kier alpha value is -1.59. The second-order valence-electron chi connectivity index (χ2n) is 4.85. The molecule has 0 saturated heterocycles. The van der Waals surface area contributed by atoms with E-state index in [1.54, 1.807) is 6.92 Å². The fraction of sp³-hybridized carbons (Fsp3) is 0.429. The van der Waals surface area contributed by atoms with Crippen LogP contribution >= 0.6 is 12.4 Å². The van der Waals surface area contributed by atoms with Crippen LogP contribution in [0.5, 0.6) is 0 Å². The van der Waals surface area contributed by atoms with Crippen LogP contribution < -0.4 is 16.4 Å². The van der Waals surface area contributed by atoms with Crippen molar-refractivity contribution < 1.29 is 9.59 Å². The van der Waals surface area contributed by atoms with Crippen LogP contribution in [0, 0.1) is 5.92 Å². The zero-order valence-electron chi connectivity index (χ0n) is 12.0. The number of nitrogens with one attached hydrogen (secondary N) is 2. The van der Waals surface area contributed by atoms with Crippen LogP contribution in [0.2, 0.25) is 0 Å². The summed E-state index contributed by atoms with van der Waals surface area (Å²) in [5.74, 6) is -0.250. The van der Waals surface area contributed by atoms with Gasteiger partial charge in [0.15, 0.2) is 0 Å². The molecule has 0 aliphatic rings. The molecule has 2 amide bonds. The number of rotatable bonds is 5. The number of halogens is 1. The second-order valence-corrected chi connectivity index (χ2v) is 4.85. The van der Waals surface area contributed by atoms with Gasteiger partial charge in [0.2, 0.25) is 11.8 Å².